The Morgan fingerprint density at radius 3 is 2.50 bits per heavy atom. The van der Waals surface area contributed by atoms with E-state index < -0.39 is 23.4 Å². The molecule has 0 aromatic carbocycles. The van der Waals surface area contributed by atoms with Crippen LogP contribution >= 0.6 is 0 Å². The van der Waals surface area contributed by atoms with Gasteiger partial charge in [0.2, 0.25) is 0 Å². The SMILES string of the molecule is CO[C@H](C(=O)N/C=C/C(=O)O)C1(CO)CCN(C)CC1. The molecular formula is C13H22N2O5. The first-order valence-corrected chi connectivity index (χ1v) is 6.47. The first-order chi connectivity index (χ1) is 9.45. The molecule has 1 atom stereocenters. The number of hydrogen-bond donors (Lipinski definition) is 3. The van der Waals surface area contributed by atoms with Crippen LogP contribution in [0.4, 0.5) is 0 Å². The number of piperidine rings is 1. The Bertz CT molecular complexity index is 375. The number of aliphatic hydroxyl groups is 1. The number of rotatable bonds is 6. The summed E-state index contributed by atoms with van der Waals surface area (Å²) in [7, 11) is 3.40. The Labute approximate surface area is 118 Å². The van der Waals surface area contributed by atoms with E-state index in [4.69, 9.17) is 9.84 Å². The third-order valence-electron chi connectivity index (χ3n) is 3.78. The lowest BCUT2D eigenvalue weighted by atomic mass is 9.74. The highest BCUT2D eigenvalue weighted by Gasteiger charge is 2.44. The number of ether oxygens (including phenoxy) is 1. The molecule has 0 bridgehead atoms. The maximum Gasteiger partial charge on any atom is 0.329 e. The number of carboxylic acid groups (broad SMARTS) is 1. The van der Waals surface area contributed by atoms with E-state index in [0.29, 0.717) is 12.8 Å². The second-order valence-corrected chi connectivity index (χ2v) is 5.12. The van der Waals surface area contributed by atoms with Crippen LogP contribution in [0.3, 0.4) is 0 Å². The maximum absolute atomic E-state index is 12.1. The molecule has 1 heterocycles. The minimum absolute atomic E-state index is 0.143. The summed E-state index contributed by atoms with van der Waals surface area (Å²) in [6, 6.07) is 0. The van der Waals surface area contributed by atoms with Crippen molar-refractivity contribution in [3.8, 4) is 0 Å². The van der Waals surface area contributed by atoms with Crippen molar-refractivity contribution >= 4 is 11.9 Å². The van der Waals surface area contributed by atoms with Crippen LogP contribution in [0, 0.1) is 5.41 Å². The van der Waals surface area contributed by atoms with Crippen LogP contribution in [0.5, 0.6) is 0 Å². The van der Waals surface area contributed by atoms with Gasteiger partial charge in [-0.3, -0.25) is 4.79 Å². The molecule has 3 N–H and O–H groups in total. The molecule has 1 aliphatic rings. The lowest BCUT2D eigenvalue weighted by molar-refractivity contribution is -0.145. The minimum atomic E-state index is -1.14. The molecule has 114 valence electrons. The van der Waals surface area contributed by atoms with Gasteiger partial charge >= 0.3 is 5.97 Å². The molecule has 0 aromatic rings. The predicted octanol–water partition coefficient (Wildman–Crippen LogP) is -0.580. The monoisotopic (exact) mass is 286 g/mol. The van der Waals surface area contributed by atoms with Crippen LogP contribution in [-0.4, -0.2) is 66.9 Å². The molecule has 1 saturated heterocycles. The van der Waals surface area contributed by atoms with E-state index in [2.05, 4.69) is 10.2 Å². The van der Waals surface area contributed by atoms with Gasteiger partial charge in [0, 0.05) is 24.8 Å². The van der Waals surface area contributed by atoms with Crippen molar-refractivity contribution in [2.75, 3.05) is 33.9 Å². The third-order valence-corrected chi connectivity index (χ3v) is 3.78. The molecule has 0 saturated carbocycles. The normalized spacial score (nSPS) is 20.8. The number of nitrogens with one attached hydrogen (secondary N) is 1. The van der Waals surface area contributed by atoms with Gasteiger partial charge < -0.3 is 25.2 Å². The number of aliphatic hydroxyl groups excluding tert-OH is 1. The largest absolute Gasteiger partial charge is 0.478 e. The third kappa shape index (κ3) is 4.03. The molecule has 0 unspecified atom stereocenters. The van der Waals surface area contributed by atoms with Crippen LogP contribution in [-0.2, 0) is 14.3 Å². The van der Waals surface area contributed by atoms with Crippen molar-refractivity contribution in [1.29, 1.82) is 0 Å². The lowest BCUT2D eigenvalue weighted by Crippen LogP contribution is -2.53. The molecule has 1 fully saturated rings. The van der Waals surface area contributed by atoms with E-state index >= 15 is 0 Å². The molecule has 0 aliphatic carbocycles. The highest BCUT2D eigenvalue weighted by Crippen LogP contribution is 2.35. The summed E-state index contributed by atoms with van der Waals surface area (Å²) < 4.78 is 5.27. The summed E-state index contributed by atoms with van der Waals surface area (Å²) in [5, 5.41) is 20.6. The van der Waals surface area contributed by atoms with Gasteiger partial charge in [0.25, 0.3) is 5.91 Å². The highest BCUT2D eigenvalue weighted by molar-refractivity contribution is 5.85. The Morgan fingerprint density at radius 2 is 2.05 bits per heavy atom. The molecule has 0 radical (unpaired) electrons. The number of carboxylic acids is 1. The molecule has 7 heteroatoms. The number of nitrogens with zero attached hydrogens (tertiary/aromatic N) is 1. The first kappa shape index (κ1) is 16.6. The molecular weight excluding hydrogens is 264 g/mol. The number of carbonyl (C=O) groups is 2. The van der Waals surface area contributed by atoms with E-state index in [-0.39, 0.29) is 6.61 Å². The number of methoxy groups -OCH3 is 1. The zero-order valence-electron chi connectivity index (χ0n) is 11.8. The summed E-state index contributed by atoms with van der Waals surface area (Å²) in [6.45, 7) is 1.41. The summed E-state index contributed by atoms with van der Waals surface area (Å²) in [5.74, 6) is -1.58. The quantitative estimate of drug-likeness (QED) is 0.565. The topological polar surface area (TPSA) is 99.1 Å². The van der Waals surface area contributed by atoms with Gasteiger partial charge in [-0.15, -0.1) is 0 Å². The van der Waals surface area contributed by atoms with Crippen molar-refractivity contribution in [3.05, 3.63) is 12.3 Å². The van der Waals surface area contributed by atoms with Gasteiger partial charge in [0.05, 0.1) is 6.61 Å². The van der Waals surface area contributed by atoms with E-state index in [1.807, 2.05) is 7.05 Å². The summed E-state index contributed by atoms with van der Waals surface area (Å²) in [5.41, 5.74) is -0.623. The molecule has 1 amide bonds. The molecule has 0 spiro atoms. The van der Waals surface area contributed by atoms with Crippen LogP contribution in [0.25, 0.3) is 0 Å². The average molecular weight is 286 g/mol. The van der Waals surface area contributed by atoms with E-state index in [0.717, 1.165) is 25.4 Å². The van der Waals surface area contributed by atoms with Crippen LogP contribution < -0.4 is 5.32 Å². The molecule has 1 rings (SSSR count). The zero-order valence-corrected chi connectivity index (χ0v) is 11.8. The Kier molecular flexibility index (Phi) is 6.12. The van der Waals surface area contributed by atoms with Crippen molar-refractivity contribution in [2.24, 2.45) is 5.41 Å². The summed E-state index contributed by atoms with van der Waals surface area (Å²) in [4.78, 5) is 24.6. The minimum Gasteiger partial charge on any atom is -0.478 e. The molecule has 20 heavy (non-hydrogen) atoms. The van der Waals surface area contributed by atoms with Gasteiger partial charge in [-0.05, 0) is 33.0 Å². The van der Waals surface area contributed by atoms with E-state index in [9.17, 15) is 14.7 Å². The lowest BCUT2D eigenvalue weighted by Gasteiger charge is -2.43. The molecule has 0 aromatic heterocycles. The summed E-state index contributed by atoms with van der Waals surface area (Å²) in [6.07, 6.45) is 2.39. The van der Waals surface area contributed by atoms with Crippen molar-refractivity contribution in [2.45, 2.75) is 18.9 Å². The zero-order chi connectivity index (χ0) is 15.2. The fourth-order valence-electron chi connectivity index (χ4n) is 2.47. The van der Waals surface area contributed by atoms with Gasteiger partial charge in [-0.2, -0.15) is 0 Å². The molecule has 1 aliphatic heterocycles. The Morgan fingerprint density at radius 1 is 1.45 bits per heavy atom. The Hall–Kier alpha value is -1.44. The second-order valence-electron chi connectivity index (χ2n) is 5.12. The first-order valence-electron chi connectivity index (χ1n) is 6.47. The highest BCUT2D eigenvalue weighted by atomic mass is 16.5. The standard InChI is InChI=1S/C13H22N2O5/c1-15-7-4-13(9-16,5-8-15)11(20-2)12(19)14-6-3-10(17)18/h3,6,11,16H,4-5,7-9H2,1-2H3,(H,14,19)(H,17,18)/b6-3+/t11-/m1/s1. The average Bonchev–Trinajstić information content (AvgIpc) is 2.41. The van der Waals surface area contributed by atoms with Crippen molar-refractivity contribution in [1.82, 2.24) is 10.2 Å². The fraction of sp³-hybridized carbons (Fsp3) is 0.692. The molecule has 7 nitrogen and oxygen atoms in total. The smallest absolute Gasteiger partial charge is 0.329 e. The Balaban J connectivity index is 2.76. The number of likely N-dealkylation sites (tertiary alicyclic amines) is 1. The van der Waals surface area contributed by atoms with Gasteiger partial charge in [0.15, 0.2) is 0 Å². The number of hydrogen-bond acceptors (Lipinski definition) is 5. The number of amides is 1. The van der Waals surface area contributed by atoms with Gasteiger partial charge in [-0.1, -0.05) is 0 Å². The van der Waals surface area contributed by atoms with Gasteiger partial charge in [-0.25, -0.2) is 4.79 Å². The summed E-state index contributed by atoms with van der Waals surface area (Å²) >= 11 is 0. The number of carbonyl (C=O) groups excluding carboxylic acids is 1. The van der Waals surface area contributed by atoms with E-state index in [1.54, 1.807) is 0 Å². The maximum atomic E-state index is 12.1. The van der Waals surface area contributed by atoms with E-state index in [1.165, 1.54) is 7.11 Å². The van der Waals surface area contributed by atoms with Crippen LogP contribution in [0.2, 0.25) is 0 Å². The van der Waals surface area contributed by atoms with Gasteiger partial charge in [0.1, 0.15) is 6.10 Å². The van der Waals surface area contributed by atoms with Crippen molar-refractivity contribution < 1.29 is 24.5 Å². The van der Waals surface area contributed by atoms with Crippen LogP contribution in [0.1, 0.15) is 12.8 Å². The van der Waals surface area contributed by atoms with Crippen molar-refractivity contribution in [3.63, 3.8) is 0 Å². The fourth-order valence-corrected chi connectivity index (χ4v) is 2.47. The second kappa shape index (κ2) is 7.37. The number of aliphatic carboxylic acids is 1. The predicted molar refractivity (Wildman–Crippen MR) is 72.0 cm³/mol. The van der Waals surface area contributed by atoms with Crippen LogP contribution in [0.15, 0.2) is 12.3 Å².